The van der Waals surface area contributed by atoms with Gasteiger partial charge in [-0.1, -0.05) is 45.9 Å². The van der Waals surface area contributed by atoms with Crippen molar-refractivity contribution in [3.05, 3.63) is 29.8 Å². The van der Waals surface area contributed by atoms with Crippen LogP contribution in [0.15, 0.2) is 24.3 Å². The van der Waals surface area contributed by atoms with Crippen LogP contribution in [0.3, 0.4) is 0 Å². The lowest BCUT2D eigenvalue weighted by atomic mass is 9.54. The molecule has 1 aliphatic carbocycles. The van der Waals surface area contributed by atoms with Gasteiger partial charge in [0, 0.05) is 25.1 Å². The summed E-state index contributed by atoms with van der Waals surface area (Å²) in [6.07, 6.45) is 2.73. The highest BCUT2D eigenvalue weighted by Crippen LogP contribution is 2.53. The van der Waals surface area contributed by atoms with E-state index in [9.17, 15) is 9.59 Å². The summed E-state index contributed by atoms with van der Waals surface area (Å²) in [5, 5.41) is 0. The summed E-state index contributed by atoms with van der Waals surface area (Å²) in [5.41, 5.74) is 1.37. The van der Waals surface area contributed by atoms with Gasteiger partial charge in [0.05, 0.1) is 6.04 Å². The number of benzene rings is 1. The Labute approximate surface area is 150 Å². The van der Waals surface area contributed by atoms with Crippen LogP contribution in [0.1, 0.15) is 52.5 Å². The van der Waals surface area contributed by atoms with E-state index in [2.05, 4.69) is 50.8 Å². The number of rotatable bonds is 0. The Morgan fingerprint density at radius 3 is 2.32 bits per heavy atom. The summed E-state index contributed by atoms with van der Waals surface area (Å²) in [6, 6.07) is 8.41. The van der Waals surface area contributed by atoms with Crippen molar-refractivity contribution in [2.45, 2.75) is 59.4 Å². The minimum atomic E-state index is -0.830. The van der Waals surface area contributed by atoms with E-state index in [-0.39, 0.29) is 23.0 Å². The number of hydrogen-bond acceptors (Lipinski definition) is 3. The normalized spacial score (nSPS) is 33.1. The van der Waals surface area contributed by atoms with Crippen LogP contribution in [0.2, 0.25) is 0 Å². The molecule has 1 saturated carbocycles. The van der Waals surface area contributed by atoms with Gasteiger partial charge in [-0.15, -0.1) is 0 Å². The van der Waals surface area contributed by atoms with Gasteiger partial charge in [-0.3, -0.25) is 9.59 Å². The topological polar surface area (TPSA) is 37.4 Å². The third kappa shape index (κ3) is 2.38. The number of carbonyl (C=O) groups excluding carboxylic acids is 2. The second-order valence-electron chi connectivity index (χ2n) is 9.56. The Kier molecular flexibility index (Phi) is 3.65. The van der Waals surface area contributed by atoms with E-state index in [0.717, 1.165) is 13.0 Å². The van der Waals surface area contributed by atoms with Crippen molar-refractivity contribution in [2.24, 2.45) is 22.7 Å². The number of piperidine rings is 1. The van der Waals surface area contributed by atoms with Crippen LogP contribution in [0.5, 0.6) is 0 Å². The highest BCUT2D eigenvalue weighted by molar-refractivity contribution is 6.11. The molecule has 2 aliphatic heterocycles. The zero-order valence-electron chi connectivity index (χ0n) is 15.8. The average molecular weight is 339 g/mol. The number of anilines is 1. The second-order valence-corrected chi connectivity index (χ2v) is 9.56. The van der Waals surface area contributed by atoms with Crippen molar-refractivity contribution < 1.29 is 9.59 Å². The van der Waals surface area contributed by atoms with Gasteiger partial charge in [-0.05, 0) is 41.7 Å². The summed E-state index contributed by atoms with van der Waals surface area (Å²) < 4.78 is 0. The maximum Gasteiger partial charge on any atom is 0.149 e. The molecule has 3 heteroatoms. The highest BCUT2D eigenvalue weighted by Gasteiger charge is 2.61. The third-order valence-electron chi connectivity index (χ3n) is 6.71. The predicted octanol–water partition coefficient (Wildman–Crippen LogP) is 4.04. The highest BCUT2D eigenvalue weighted by atomic mass is 16.2. The minimum Gasteiger partial charge on any atom is -0.366 e. The molecule has 3 atom stereocenters. The third-order valence-corrected chi connectivity index (χ3v) is 6.71. The summed E-state index contributed by atoms with van der Waals surface area (Å²) >= 11 is 0. The van der Waals surface area contributed by atoms with Crippen molar-refractivity contribution >= 4 is 17.3 Å². The molecule has 0 bridgehead atoms. The summed E-state index contributed by atoms with van der Waals surface area (Å²) in [7, 11) is 0. The van der Waals surface area contributed by atoms with E-state index in [1.165, 1.54) is 11.3 Å². The van der Waals surface area contributed by atoms with Crippen LogP contribution >= 0.6 is 0 Å². The first-order chi connectivity index (χ1) is 11.7. The van der Waals surface area contributed by atoms with E-state index in [0.29, 0.717) is 31.1 Å². The fourth-order valence-electron chi connectivity index (χ4n) is 5.87. The predicted molar refractivity (Wildman–Crippen MR) is 99.7 cm³/mol. The van der Waals surface area contributed by atoms with Crippen LogP contribution in [-0.2, 0) is 16.0 Å². The van der Waals surface area contributed by atoms with Gasteiger partial charge < -0.3 is 4.90 Å². The molecule has 2 fully saturated rings. The molecule has 4 rings (SSSR count). The molecule has 1 spiro atoms. The molecule has 0 amide bonds. The van der Waals surface area contributed by atoms with Crippen molar-refractivity contribution in [2.75, 3.05) is 11.4 Å². The van der Waals surface area contributed by atoms with Gasteiger partial charge in [0.25, 0.3) is 0 Å². The molecule has 134 valence electrons. The molecule has 3 nitrogen and oxygen atoms in total. The van der Waals surface area contributed by atoms with Gasteiger partial charge in [-0.25, -0.2) is 0 Å². The maximum absolute atomic E-state index is 13.4. The Hall–Kier alpha value is -1.64. The molecule has 1 aromatic rings. The Balaban J connectivity index is 1.89. The van der Waals surface area contributed by atoms with Gasteiger partial charge in [0.15, 0.2) is 0 Å². The summed E-state index contributed by atoms with van der Waals surface area (Å²) in [4.78, 5) is 29.3. The molecule has 1 aromatic carbocycles. The monoisotopic (exact) mass is 339 g/mol. The lowest BCUT2D eigenvalue weighted by molar-refractivity contribution is -0.152. The van der Waals surface area contributed by atoms with E-state index in [4.69, 9.17) is 0 Å². The van der Waals surface area contributed by atoms with Crippen molar-refractivity contribution in [3.63, 3.8) is 0 Å². The number of fused-ring (bicyclic) bond motifs is 4. The Bertz CT molecular complexity index is 715. The Morgan fingerprint density at radius 1 is 1.00 bits per heavy atom. The minimum absolute atomic E-state index is 0.0229. The first kappa shape index (κ1) is 16.8. The fraction of sp³-hybridized carbons (Fsp3) is 0.636. The number of Topliss-reactive ketones (excluding diaryl/α,β-unsaturated/α-hetero) is 2. The van der Waals surface area contributed by atoms with E-state index in [1.54, 1.807) is 0 Å². The molecule has 1 saturated heterocycles. The summed E-state index contributed by atoms with van der Waals surface area (Å²) in [5.74, 6) is 1.30. The maximum atomic E-state index is 13.4. The van der Waals surface area contributed by atoms with E-state index >= 15 is 0 Å². The number of carbonyl (C=O) groups is 2. The zero-order chi connectivity index (χ0) is 18.0. The van der Waals surface area contributed by atoms with Gasteiger partial charge in [-0.2, -0.15) is 0 Å². The first-order valence-corrected chi connectivity index (χ1v) is 9.66. The van der Waals surface area contributed by atoms with Gasteiger partial charge in [0.2, 0.25) is 0 Å². The average Bonchev–Trinajstić information content (AvgIpc) is 2.51. The van der Waals surface area contributed by atoms with Crippen molar-refractivity contribution in [1.82, 2.24) is 0 Å². The second kappa shape index (κ2) is 5.43. The van der Waals surface area contributed by atoms with Crippen LogP contribution < -0.4 is 4.90 Å². The van der Waals surface area contributed by atoms with Crippen LogP contribution in [0.4, 0.5) is 5.69 Å². The zero-order valence-corrected chi connectivity index (χ0v) is 15.8. The molecular formula is C22H29NO2. The van der Waals surface area contributed by atoms with Crippen LogP contribution in [0.25, 0.3) is 0 Å². The molecule has 0 unspecified atom stereocenters. The standard InChI is InChI=1S/C22H29NO2/c1-14-9-15(2)20-22(18(24)11-21(3,4)12-19(22)25)10-16-7-5-6-8-17(16)23(20)13-14/h5-8,14-15,20H,9-13H2,1-4H3/t14-,15-,20-/m1/s1. The smallest absolute Gasteiger partial charge is 0.149 e. The number of ketones is 2. The molecule has 25 heavy (non-hydrogen) atoms. The van der Waals surface area contributed by atoms with E-state index in [1.807, 2.05) is 6.07 Å². The largest absolute Gasteiger partial charge is 0.366 e. The number of hydrogen-bond donors (Lipinski definition) is 0. The molecule has 3 aliphatic rings. The SMILES string of the molecule is C[C@@H]1C[C@@H](C)[C@H]2N(C1)c1ccccc1CC21C(=O)CC(C)(C)CC1=O. The molecular weight excluding hydrogens is 310 g/mol. The first-order valence-electron chi connectivity index (χ1n) is 9.66. The molecule has 0 aromatic heterocycles. The summed E-state index contributed by atoms with van der Waals surface area (Å²) in [6.45, 7) is 9.57. The quantitative estimate of drug-likeness (QED) is 0.670. The number of para-hydroxylation sites is 1. The van der Waals surface area contributed by atoms with Crippen molar-refractivity contribution in [3.8, 4) is 0 Å². The molecule has 0 radical (unpaired) electrons. The van der Waals surface area contributed by atoms with Gasteiger partial charge in [0.1, 0.15) is 17.0 Å². The lowest BCUT2D eigenvalue weighted by Gasteiger charge is -2.57. The fourth-order valence-corrected chi connectivity index (χ4v) is 5.87. The lowest BCUT2D eigenvalue weighted by Crippen LogP contribution is -2.67. The number of nitrogens with zero attached hydrogens (tertiary/aromatic N) is 1. The van der Waals surface area contributed by atoms with Crippen LogP contribution in [-0.4, -0.2) is 24.2 Å². The molecule has 0 N–H and O–H groups in total. The Morgan fingerprint density at radius 2 is 1.64 bits per heavy atom. The molecule has 2 heterocycles. The van der Waals surface area contributed by atoms with Gasteiger partial charge >= 0.3 is 0 Å². The van der Waals surface area contributed by atoms with Crippen molar-refractivity contribution in [1.29, 1.82) is 0 Å². The van der Waals surface area contributed by atoms with E-state index < -0.39 is 5.41 Å². The van der Waals surface area contributed by atoms with Crippen LogP contribution in [0, 0.1) is 22.7 Å².